The van der Waals surface area contributed by atoms with Crippen molar-refractivity contribution in [3.8, 4) is 0 Å². The molecule has 0 amide bonds. The summed E-state index contributed by atoms with van der Waals surface area (Å²) in [6, 6.07) is 5.99. The van der Waals surface area contributed by atoms with E-state index in [1.165, 1.54) is 28.7 Å². The fourth-order valence-electron chi connectivity index (χ4n) is 3.46. The fourth-order valence-corrected chi connectivity index (χ4v) is 5.54. The zero-order chi connectivity index (χ0) is 20.3. The number of anilines is 1. The molecule has 4 heterocycles. The van der Waals surface area contributed by atoms with Crippen LogP contribution in [0.4, 0.5) is 5.82 Å². The van der Waals surface area contributed by atoms with E-state index >= 15 is 0 Å². The van der Waals surface area contributed by atoms with Crippen LogP contribution < -0.4 is 5.32 Å². The van der Waals surface area contributed by atoms with Gasteiger partial charge in [-0.25, -0.2) is 9.97 Å². The molecule has 1 atom stereocenters. The monoisotopic (exact) mass is 428 g/mol. The van der Waals surface area contributed by atoms with Crippen molar-refractivity contribution in [1.29, 1.82) is 0 Å². The number of fused-ring (bicyclic) bond motifs is 3. The summed E-state index contributed by atoms with van der Waals surface area (Å²) in [6.07, 6.45) is 6.08. The Morgan fingerprint density at radius 3 is 2.93 bits per heavy atom. The van der Waals surface area contributed by atoms with Gasteiger partial charge in [0, 0.05) is 23.2 Å². The molecule has 1 N–H and O–H groups in total. The van der Waals surface area contributed by atoms with Crippen molar-refractivity contribution >= 4 is 39.1 Å². The van der Waals surface area contributed by atoms with Gasteiger partial charge in [0.05, 0.1) is 29.8 Å². The molecule has 4 rings (SSSR count). The summed E-state index contributed by atoms with van der Waals surface area (Å²) in [5.74, 6) is 1.97. The molecule has 0 bridgehead atoms. The Balaban J connectivity index is 1.71. The van der Waals surface area contributed by atoms with Crippen molar-refractivity contribution in [2.75, 3.05) is 11.1 Å². The predicted octanol–water partition coefficient (Wildman–Crippen LogP) is 5.83. The molecule has 0 aromatic carbocycles. The summed E-state index contributed by atoms with van der Waals surface area (Å²) in [4.78, 5) is 16.6. The first-order chi connectivity index (χ1) is 14.1. The zero-order valence-electron chi connectivity index (χ0n) is 17.3. The van der Waals surface area contributed by atoms with Crippen LogP contribution in [0.25, 0.3) is 10.2 Å². The van der Waals surface area contributed by atoms with Gasteiger partial charge in [-0.2, -0.15) is 0 Å². The molecule has 1 aliphatic heterocycles. The Morgan fingerprint density at radius 1 is 1.28 bits per heavy atom. The maximum Gasteiger partial charge on any atom is 0.190 e. The summed E-state index contributed by atoms with van der Waals surface area (Å²) in [5, 5.41) is 5.58. The summed E-state index contributed by atoms with van der Waals surface area (Å²) >= 11 is 3.50. The highest BCUT2D eigenvalue weighted by Gasteiger charge is 2.33. The van der Waals surface area contributed by atoms with Crippen LogP contribution in [-0.4, -0.2) is 26.3 Å². The van der Waals surface area contributed by atoms with E-state index in [1.54, 1.807) is 23.1 Å². The van der Waals surface area contributed by atoms with Gasteiger partial charge in [-0.3, -0.25) is 4.98 Å². The Kier molecular flexibility index (Phi) is 6.37. The molecule has 7 heteroatoms. The highest BCUT2D eigenvalue weighted by atomic mass is 32.2. The Bertz CT molecular complexity index is 976. The largest absolute Gasteiger partial charge is 0.369 e. The van der Waals surface area contributed by atoms with Crippen molar-refractivity contribution in [3.63, 3.8) is 0 Å². The van der Waals surface area contributed by atoms with Gasteiger partial charge in [0.1, 0.15) is 10.6 Å². The number of thioether (sulfide) groups is 1. The van der Waals surface area contributed by atoms with Gasteiger partial charge in [-0.1, -0.05) is 38.1 Å². The third kappa shape index (κ3) is 4.57. The lowest BCUT2D eigenvalue weighted by Gasteiger charge is -2.33. The molecule has 0 saturated carbocycles. The van der Waals surface area contributed by atoms with Crippen LogP contribution >= 0.6 is 23.1 Å². The fraction of sp³-hybridized carbons (Fsp3) is 0.500. The second-order valence-corrected chi connectivity index (χ2v) is 9.83. The molecule has 154 valence electrons. The predicted molar refractivity (Wildman–Crippen MR) is 122 cm³/mol. The molecule has 0 spiro atoms. The second kappa shape index (κ2) is 8.98. The van der Waals surface area contributed by atoms with E-state index in [4.69, 9.17) is 14.7 Å². The molecule has 0 saturated heterocycles. The summed E-state index contributed by atoms with van der Waals surface area (Å²) in [7, 11) is 0. The van der Waals surface area contributed by atoms with Gasteiger partial charge in [0.2, 0.25) is 0 Å². The molecule has 5 nitrogen and oxygen atoms in total. The number of unbranched alkanes of at least 4 members (excludes halogenated alkanes) is 1. The topological polar surface area (TPSA) is 59.9 Å². The molecule has 1 unspecified atom stereocenters. The van der Waals surface area contributed by atoms with Crippen LogP contribution in [-0.2, 0) is 24.3 Å². The van der Waals surface area contributed by atoms with Crippen LogP contribution in [0.15, 0.2) is 29.6 Å². The summed E-state index contributed by atoms with van der Waals surface area (Å²) < 4.78 is 6.18. The van der Waals surface area contributed by atoms with Gasteiger partial charge >= 0.3 is 0 Å². The molecule has 1 aliphatic rings. The van der Waals surface area contributed by atoms with Crippen LogP contribution in [0.5, 0.6) is 0 Å². The van der Waals surface area contributed by atoms with Crippen LogP contribution in [0.1, 0.15) is 56.2 Å². The minimum absolute atomic E-state index is 0.117. The van der Waals surface area contributed by atoms with Gasteiger partial charge in [0.25, 0.3) is 0 Å². The summed E-state index contributed by atoms with van der Waals surface area (Å²) in [5.41, 5.74) is 2.24. The van der Waals surface area contributed by atoms with Gasteiger partial charge < -0.3 is 10.1 Å². The third-order valence-corrected chi connectivity index (χ3v) is 7.49. The second-order valence-electron chi connectivity index (χ2n) is 7.68. The van der Waals surface area contributed by atoms with Gasteiger partial charge in [-0.15, -0.1) is 11.3 Å². The number of nitrogens with zero attached hydrogens (tertiary/aromatic N) is 3. The number of hydrogen-bond donors (Lipinski definition) is 1. The Morgan fingerprint density at radius 2 is 2.17 bits per heavy atom. The maximum absolute atomic E-state index is 6.18. The number of rotatable bonds is 8. The lowest BCUT2D eigenvalue weighted by Crippen LogP contribution is -2.33. The van der Waals surface area contributed by atoms with Crippen molar-refractivity contribution < 1.29 is 4.74 Å². The molecule has 3 aromatic heterocycles. The van der Waals surface area contributed by atoms with E-state index < -0.39 is 0 Å². The minimum atomic E-state index is -0.117. The molecule has 29 heavy (non-hydrogen) atoms. The number of nitrogens with one attached hydrogen (secondary N) is 1. The number of pyridine rings is 1. The van der Waals surface area contributed by atoms with Gasteiger partial charge in [-0.05, 0) is 37.5 Å². The van der Waals surface area contributed by atoms with Crippen LogP contribution in [0, 0.1) is 0 Å². The van der Waals surface area contributed by atoms with E-state index in [9.17, 15) is 0 Å². The zero-order valence-corrected chi connectivity index (χ0v) is 19.0. The van der Waals surface area contributed by atoms with Crippen molar-refractivity contribution in [3.05, 3.63) is 40.5 Å². The molecule has 0 aliphatic carbocycles. The standard InChI is InChI=1S/C22H28N4OS2/c1-4-6-11-28-21-25-19(24-13-15-9-7-8-10-23-15)18-16-12-22(3,5-2)27-14-17(16)29-20(18)26-21/h7-10H,4-6,11-14H2,1-3H3,(H,24,25,26). The SMILES string of the molecule is CCCCSc1nc(NCc2ccccn2)c2c3c(sc2n1)COC(C)(CC)C3. The minimum Gasteiger partial charge on any atom is -0.369 e. The first-order valence-corrected chi connectivity index (χ1v) is 12.1. The number of thiophene rings is 1. The van der Waals surface area contributed by atoms with Crippen LogP contribution in [0.3, 0.4) is 0 Å². The molecular weight excluding hydrogens is 400 g/mol. The third-order valence-electron chi connectivity index (χ3n) is 5.46. The van der Waals surface area contributed by atoms with E-state index in [1.807, 2.05) is 24.4 Å². The Hall–Kier alpha value is -1.70. The number of hydrogen-bond acceptors (Lipinski definition) is 7. The average Bonchev–Trinajstić information content (AvgIpc) is 3.10. The first kappa shape index (κ1) is 20.6. The number of aromatic nitrogens is 3. The van der Waals surface area contributed by atoms with E-state index in [2.05, 4.69) is 31.1 Å². The summed E-state index contributed by atoms with van der Waals surface area (Å²) in [6.45, 7) is 7.93. The Labute approximate surface area is 180 Å². The highest BCUT2D eigenvalue weighted by molar-refractivity contribution is 7.99. The van der Waals surface area contributed by atoms with Crippen molar-refractivity contribution in [1.82, 2.24) is 15.0 Å². The molecule has 3 aromatic rings. The van der Waals surface area contributed by atoms with Crippen molar-refractivity contribution in [2.24, 2.45) is 0 Å². The smallest absolute Gasteiger partial charge is 0.190 e. The quantitative estimate of drug-likeness (QED) is 0.277. The maximum atomic E-state index is 6.18. The van der Waals surface area contributed by atoms with Crippen molar-refractivity contribution in [2.45, 2.75) is 70.4 Å². The first-order valence-electron chi connectivity index (χ1n) is 10.3. The molecular formula is C22H28N4OS2. The van der Waals surface area contributed by atoms with Crippen LogP contribution in [0.2, 0.25) is 0 Å². The molecule has 0 fully saturated rings. The van der Waals surface area contributed by atoms with E-state index in [-0.39, 0.29) is 5.60 Å². The van der Waals surface area contributed by atoms with E-state index in [0.717, 1.165) is 40.1 Å². The van der Waals surface area contributed by atoms with Gasteiger partial charge in [0.15, 0.2) is 5.16 Å². The van der Waals surface area contributed by atoms with E-state index in [0.29, 0.717) is 13.2 Å². The number of ether oxygens (including phenoxy) is 1. The molecule has 0 radical (unpaired) electrons. The lowest BCUT2D eigenvalue weighted by atomic mass is 9.90. The normalized spacial score (nSPS) is 18.7. The highest BCUT2D eigenvalue weighted by Crippen LogP contribution is 2.42. The average molecular weight is 429 g/mol. The lowest BCUT2D eigenvalue weighted by molar-refractivity contribution is -0.0542.